The molecule has 114 valence electrons. The van der Waals surface area contributed by atoms with E-state index in [9.17, 15) is 14.7 Å². The van der Waals surface area contributed by atoms with Crippen molar-refractivity contribution in [3.63, 3.8) is 0 Å². The average Bonchev–Trinajstić information content (AvgIpc) is 2.50. The first-order valence-electron chi connectivity index (χ1n) is 7.07. The summed E-state index contributed by atoms with van der Waals surface area (Å²) in [6.07, 6.45) is 0.630. The number of ketones is 1. The van der Waals surface area contributed by atoms with Crippen molar-refractivity contribution >= 4 is 23.4 Å². The minimum absolute atomic E-state index is 0.0346. The standard InChI is InChI=1S/C18H17ClO3/c19-16-8-6-14(7-9-16)11-17(20)12-15(18(21)22)10-13-4-2-1-3-5-13/h1-9,15H,10-12H2,(H,21,22). The van der Waals surface area contributed by atoms with E-state index in [1.807, 2.05) is 30.3 Å². The molecular weight excluding hydrogens is 300 g/mol. The maximum atomic E-state index is 12.1. The number of aliphatic carboxylic acids is 1. The number of carbonyl (C=O) groups excluding carboxylic acids is 1. The van der Waals surface area contributed by atoms with Crippen molar-refractivity contribution in [3.05, 3.63) is 70.7 Å². The van der Waals surface area contributed by atoms with Crippen molar-refractivity contribution < 1.29 is 14.7 Å². The molecule has 0 saturated carbocycles. The van der Waals surface area contributed by atoms with Gasteiger partial charge >= 0.3 is 5.97 Å². The molecule has 0 amide bonds. The molecule has 4 heteroatoms. The van der Waals surface area contributed by atoms with Crippen molar-refractivity contribution in [2.45, 2.75) is 19.3 Å². The molecule has 0 bridgehead atoms. The van der Waals surface area contributed by atoms with Crippen LogP contribution in [0.3, 0.4) is 0 Å². The number of carbonyl (C=O) groups is 2. The molecule has 0 aliphatic carbocycles. The molecule has 3 nitrogen and oxygen atoms in total. The number of hydrogen-bond donors (Lipinski definition) is 1. The van der Waals surface area contributed by atoms with Crippen LogP contribution in [0.4, 0.5) is 0 Å². The van der Waals surface area contributed by atoms with Gasteiger partial charge in [-0.15, -0.1) is 0 Å². The van der Waals surface area contributed by atoms with Gasteiger partial charge in [0.2, 0.25) is 0 Å². The number of hydrogen-bond acceptors (Lipinski definition) is 2. The minimum Gasteiger partial charge on any atom is -0.481 e. The Morgan fingerprint density at radius 3 is 2.18 bits per heavy atom. The summed E-state index contributed by atoms with van der Waals surface area (Å²) in [5, 5.41) is 9.93. The van der Waals surface area contributed by atoms with Gasteiger partial charge in [0.15, 0.2) is 0 Å². The van der Waals surface area contributed by atoms with E-state index in [1.165, 1.54) is 0 Å². The SMILES string of the molecule is O=C(Cc1ccc(Cl)cc1)CC(Cc1ccccc1)C(=O)O. The van der Waals surface area contributed by atoms with Gasteiger partial charge in [-0.05, 0) is 29.7 Å². The van der Waals surface area contributed by atoms with Gasteiger partial charge in [0.1, 0.15) is 5.78 Å². The first kappa shape index (κ1) is 16.2. The molecule has 1 N–H and O–H groups in total. The second-order valence-corrected chi connectivity index (χ2v) is 5.71. The number of Topliss-reactive ketones (excluding diaryl/α,β-unsaturated/α-hetero) is 1. The summed E-state index contributed by atoms with van der Waals surface area (Å²) in [5.41, 5.74) is 1.77. The van der Waals surface area contributed by atoms with Crippen molar-refractivity contribution in [1.82, 2.24) is 0 Å². The fourth-order valence-electron chi connectivity index (χ4n) is 2.32. The fourth-order valence-corrected chi connectivity index (χ4v) is 2.45. The van der Waals surface area contributed by atoms with Crippen LogP contribution in [-0.2, 0) is 22.4 Å². The highest BCUT2D eigenvalue weighted by molar-refractivity contribution is 6.30. The molecule has 0 heterocycles. The van der Waals surface area contributed by atoms with Gasteiger partial charge in [-0.25, -0.2) is 0 Å². The molecule has 0 aromatic heterocycles. The zero-order valence-electron chi connectivity index (χ0n) is 12.0. The highest BCUT2D eigenvalue weighted by atomic mass is 35.5. The topological polar surface area (TPSA) is 54.4 Å². The molecule has 0 saturated heterocycles. The Kier molecular flexibility index (Phi) is 5.73. The Morgan fingerprint density at radius 1 is 0.955 bits per heavy atom. The van der Waals surface area contributed by atoms with Crippen molar-refractivity contribution in [1.29, 1.82) is 0 Å². The first-order chi connectivity index (χ1) is 10.5. The van der Waals surface area contributed by atoms with Gasteiger partial charge in [0.05, 0.1) is 5.92 Å². The molecule has 0 aliphatic rings. The Labute approximate surface area is 134 Å². The van der Waals surface area contributed by atoms with E-state index in [-0.39, 0.29) is 18.6 Å². The number of halogens is 1. The van der Waals surface area contributed by atoms with Crippen LogP contribution in [-0.4, -0.2) is 16.9 Å². The second-order valence-electron chi connectivity index (χ2n) is 5.27. The quantitative estimate of drug-likeness (QED) is 0.845. The maximum Gasteiger partial charge on any atom is 0.307 e. The summed E-state index contributed by atoms with van der Waals surface area (Å²) in [6, 6.07) is 16.4. The third-order valence-electron chi connectivity index (χ3n) is 3.46. The summed E-state index contributed by atoms with van der Waals surface area (Å²) < 4.78 is 0. The number of rotatable bonds is 7. The fraction of sp³-hybridized carbons (Fsp3) is 0.222. The molecule has 2 aromatic rings. The van der Waals surface area contributed by atoms with Gasteiger partial charge in [0, 0.05) is 17.9 Å². The second kappa shape index (κ2) is 7.76. The van der Waals surface area contributed by atoms with E-state index in [2.05, 4.69) is 0 Å². The molecule has 22 heavy (non-hydrogen) atoms. The smallest absolute Gasteiger partial charge is 0.307 e. The van der Waals surface area contributed by atoms with Crippen molar-refractivity contribution in [3.8, 4) is 0 Å². The Balaban J connectivity index is 1.97. The van der Waals surface area contributed by atoms with E-state index >= 15 is 0 Å². The van der Waals surface area contributed by atoms with Crippen LogP contribution < -0.4 is 0 Å². The zero-order valence-corrected chi connectivity index (χ0v) is 12.8. The largest absolute Gasteiger partial charge is 0.481 e. The molecule has 2 rings (SSSR count). The molecule has 0 spiro atoms. The maximum absolute atomic E-state index is 12.1. The number of carboxylic acid groups (broad SMARTS) is 1. The number of carboxylic acids is 1. The van der Waals surface area contributed by atoms with Crippen LogP contribution in [0.2, 0.25) is 5.02 Å². The molecular formula is C18H17ClO3. The van der Waals surface area contributed by atoms with Gasteiger partial charge in [-0.1, -0.05) is 54.1 Å². The summed E-state index contributed by atoms with van der Waals surface area (Å²) in [7, 11) is 0. The highest BCUT2D eigenvalue weighted by Crippen LogP contribution is 2.16. The lowest BCUT2D eigenvalue weighted by Gasteiger charge is -2.12. The summed E-state index contributed by atoms with van der Waals surface area (Å²) in [4.78, 5) is 23.5. The van der Waals surface area contributed by atoms with Crippen LogP contribution in [0.1, 0.15) is 17.5 Å². The zero-order chi connectivity index (χ0) is 15.9. The van der Waals surface area contributed by atoms with Crippen LogP contribution >= 0.6 is 11.6 Å². The molecule has 0 fully saturated rings. The first-order valence-corrected chi connectivity index (χ1v) is 7.45. The van der Waals surface area contributed by atoms with Gasteiger partial charge < -0.3 is 5.11 Å². The van der Waals surface area contributed by atoms with Crippen LogP contribution in [0.15, 0.2) is 54.6 Å². The molecule has 0 radical (unpaired) electrons. The van der Waals surface area contributed by atoms with Gasteiger partial charge in [-0.3, -0.25) is 9.59 Å². The van der Waals surface area contributed by atoms with Gasteiger partial charge in [0.25, 0.3) is 0 Å². The summed E-state index contributed by atoms with van der Waals surface area (Å²) in [5.74, 6) is -1.71. The predicted octanol–water partition coefficient (Wildman–Crippen LogP) is 3.79. The minimum atomic E-state index is -0.937. The van der Waals surface area contributed by atoms with Crippen LogP contribution in [0, 0.1) is 5.92 Å². The Morgan fingerprint density at radius 2 is 1.59 bits per heavy atom. The monoisotopic (exact) mass is 316 g/mol. The third-order valence-corrected chi connectivity index (χ3v) is 3.71. The van der Waals surface area contributed by atoms with Crippen molar-refractivity contribution in [2.75, 3.05) is 0 Å². The highest BCUT2D eigenvalue weighted by Gasteiger charge is 2.21. The average molecular weight is 317 g/mol. The molecule has 0 aliphatic heterocycles. The molecule has 1 atom stereocenters. The molecule has 2 aromatic carbocycles. The molecule has 1 unspecified atom stereocenters. The van der Waals surface area contributed by atoms with E-state index < -0.39 is 11.9 Å². The normalized spacial score (nSPS) is 11.9. The lowest BCUT2D eigenvalue weighted by atomic mass is 9.92. The Hall–Kier alpha value is -2.13. The summed E-state index contributed by atoms with van der Waals surface area (Å²) >= 11 is 5.80. The van der Waals surface area contributed by atoms with E-state index in [0.717, 1.165) is 11.1 Å². The van der Waals surface area contributed by atoms with Crippen molar-refractivity contribution in [2.24, 2.45) is 5.92 Å². The van der Waals surface area contributed by atoms with Gasteiger partial charge in [-0.2, -0.15) is 0 Å². The number of benzene rings is 2. The van der Waals surface area contributed by atoms with E-state index in [4.69, 9.17) is 11.6 Å². The Bertz CT molecular complexity index is 635. The van der Waals surface area contributed by atoms with Crippen LogP contribution in [0.5, 0.6) is 0 Å². The van der Waals surface area contributed by atoms with E-state index in [1.54, 1.807) is 24.3 Å². The summed E-state index contributed by atoms with van der Waals surface area (Å²) in [6.45, 7) is 0. The van der Waals surface area contributed by atoms with Crippen LogP contribution in [0.25, 0.3) is 0 Å². The lowest BCUT2D eigenvalue weighted by molar-refractivity contribution is -0.143. The lowest BCUT2D eigenvalue weighted by Crippen LogP contribution is -2.21. The van der Waals surface area contributed by atoms with E-state index in [0.29, 0.717) is 11.4 Å². The predicted molar refractivity (Wildman–Crippen MR) is 86.1 cm³/mol. The third kappa shape index (κ3) is 5.01.